The van der Waals surface area contributed by atoms with Crippen molar-refractivity contribution >= 4 is 5.91 Å². The van der Waals surface area contributed by atoms with Crippen LogP contribution in [-0.2, 0) is 11.2 Å². The lowest BCUT2D eigenvalue weighted by molar-refractivity contribution is -0.139. The normalized spacial score (nSPS) is 19.4. The van der Waals surface area contributed by atoms with E-state index < -0.39 is 6.10 Å². The Kier molecular flexibility index (Phi) is 3.33. The first kappa shape index (κ1) is 11.9. The summed E-state index contributed by atoms with van der Waals surface area (Å²) in [6, 6.07) is 7.49. The molecule has 0 saturated heterocycles. The number of nitrogens with zero attached hydrogens (tertiary/aromatic N) is 1. The monoisotopic (exact) mass is 235 g/mol. The van der Waals surface area contributed by atoms with Gasteiger partial charge in [-0.3, -0.25) is 4.79 Å². The van der Waals surface area contributed by atoms with Crippen LogP contribution in [0.4, 0.5) is 0 Å². The first-order valence-electron chi connectivity index (χ1n) is 5.75. The second-order valence-corrected chi connectivity index (χ2v) is 4.40. The zero-order valence-corrected chi connectivity index (χ0v) is 10.1. The van der Waals surface area contributed by atoms with Gasteiger partial charge in [0.05, 0.1) is 12.6 Å². The van der Waals surface area contributed by atoms with Gasteiger partial charge in [0.25, 0.3) is 5.91 Å². The molecule has 1 aliphatic rings. The number of fused-ring (bicyclic) bond motifs is 1. The molecule has 0 aliphatic carbocycles. The molecular formula is C13H17NO3. The summed E-state index contributed by atoms with van der Waals surface area (Å²) in [5.74, 6) is 0.707. The van der Waals surface area contributed by atoms with E-state index in [1.807, 2.05) is 24.3 Å². The highest BCUT2D eigenvalue weighted by atomic mass is 16.5. The van der Waals surface area contributed by atoms with Crippen molar-refractivity contribution in [3.8, 4) is 5.75 Å². The minimum Gasteiger partial charge on any atom is -0.480 e. The van der Waals surface area contributed by atoms with Crippen LogP contribution in [0, 0.1) is 0 Å². The van der Waals surface area contributed by atoms with Crippen molar-refractivity contribution in [2.75, 3.05) is 13.7 Å². The summed E-state index contributed by atoms with van der Waals surface area (Å²) in [7, 11) is 1.69. The number of amides is 1. The van der Waals surface area contributed by atoms with E-state index in [0.717, 1.165) is 11.3 Å². The molecule has 1 aliphatic heterocycles. The lowest BCUT2D eigenvalue weighted by Gasteiger charge is -2.25. The predicted molar refractivity (Wildman–Crippen MR) is 63.9 cm³/mol. The number of ether oxygens (including phenoxy) is 1. The van der Waals surface area contributed by atoms with Crippen LogP contribution in [0.25, 0.3) is 0 Å². The average Bonchev–Trinajstić information content (AvgIpc) is 2.79. The van der Waals surface area contributed by atoms with Gasteiger partial charge in [-0.05, 0) is 18.6 Å². The first-order valence-corrected chi connectivity index (χ1v) is 5.75. The van der Waals surface area contributed by atoms with Gasteiger partial charge in [-0.1, -0.05) is 18.2 Å². The van der Waals surface area contributed by atoms with Crippen LogP contribution in [0.2, 0.25) is 0 Å². The highest BCUT2D eigenvalue weighted by molar-refractivity contribution is 5.82. The van der Waals surface area contributed by atoms with Crippen LogP contribution in [0.5, 0.6) is 5.75 Å². The number of aliphatic hydroxyl groups is 1. The van der Waals surface area contributed by atoms with Crippen molar-refractivity contribution in [3.63, 3.8) is 0 Å². The number of likely N-dealkylation sites (N-methyl/N-ethyl adjacent to an activating group) is 1. The molecule has 2 atom stereocenters. The zero-order chi connectivity index (χ0) is 12.4. The third kappa shape index (κ3) is 2.26. The number of para-hydroxylation sites is 1. The lowest BCUT2D eigenvalue weighted by Crippen LogP contribution is -2.44. The van der Waals surface area contributed by atoms with E-state index >= 15 is 0 Å². The molecule has 0 saturated carbocycles. The zero-order valence-electron chi connectivity index (χ0n) is 10.1. The summed E-state index contributed by atoms with van der Waals surface area (Å²) < 4.78 is 5.61. The van der Waals surface area contributed by atoms with Gasteiger partial charge in [0.2, 0.25) is 0 Å². The van der Waals surface area contributed by atoms with E-state index in [4.69, 9.17) is 9.84 Å². The Hall–Kier alpha value is -1.55. The summed E-state index contributed by atoms with van der Waals surface area (Å²) in [4.78, 5) is 13.6. The molecule has 92 valence electrons. The third-order valence-electron chi connectivity index (χ3n) is 3.20. The molecule has 1 N–H and O–H groups in total. The Morgan fingerprint density at radius 3 is 2.94 bits per heavy atom. The van der Waals surface area contributed by atoms with E-state index in [1.54, 1.807) is 14.0 Å². The van der Waals surface area contributed by atoms with Crippen LogP contribution in [0.15, 0.2) is 24.3 Å². The molecule has 0 bridgehead atoms. The molecule has 0 fully saturated rings. The quantitative estimate of drug-likeness (QED) is 0.844. The van der Waals surface area contributed by atoms with Gasteiger partial charge in [-0.25, -0.2) is 0 Å². The second kappa shape index (κ2) is 4.75. The molecule has 1 aromatic carbocycles. The van der Waals surface area contributed by atoms with Gasteiger partial charge < -0.3 is 14.7 Å². The van der Waals surface area contributed by atoms with Crippen molar-refractivity contribution in [2.24, 2.45) is 0 Å². The number of hydrogen-bond donors (Lipinski definition) is 1. The van der Waals surface area contributed by atoms with E-state index in [9.17, 15) is 4.79 Å². The Bertz CT molecular complexity index is 394. The maximum Gasteiger partial charge on any atom is 0.264 e. The molecule has 0 radical (unpaired) electrons. The Morgan fingerprint density at radius 1 is 1.59 bits per heavy atom. The molecule has 1 aromatic rings. The number of rotatable bonds is 3. The number of aliphatic hydroxyl groups excluding tert-OH is 1. The average molecular weight is 235 g/mol. The first-order chi connectivity index (χ1) is 8.13. The van der Waals surface area contributed by atoms with Crippen molar-refractivity contribution in [1.82, 2.24) is 4.90 Å². The maximum atomic E-state index is 12.1. The van der Waals surface area contributed by atoms with Gasteiger partial charge in [-0.15, -0.1) is 0 Å². The van der Waals surface area contributed by atoms with Gasteiger partial charge in [-0.2, -0.15) is 0 Å². The molecule has 0 spiro atoms. The fourth-order valence-electron chi connectivity index (χ4n) is 1.89. The smallest absolute Gasteiger partial charge is 0.264 e. The number of carbonyl (C=O) groups excluding carboxylic acids is 1. The molecule has 1 amide bonds. The minimum atomic E-state index is -0.452. The topological polar surface area (TPSA) is 49.8 Å². The van der Waals surface area contributed by atoms with Crippen molar-refractivity contribution < 1.29 is 14.6 Å². The highest BCUT2D eigenvalue weighted by Crippen LogP contribution is 2.28. The molecule has 0 aromatic heterocycles. The molecule has 17 heavy (non-hydrogen) atoms. The van der Waals surface area contributed by atoms with Crippen LogP contribution < -0.4 is 4.74 Å². The SMILES string of the molecule is CC(CO)N(C)C(=O)C1Cc2ccccc2O1. The summed E-state index contributed by atoms with van der Waals surface area (Å²) in [6.07, 6.45) is 0.156. The molecule has 4 nitrogen and oxygen atoms in total. The van der Waals surface area contributed by atoms with Gasteiger partial charge in [0.15, 0.2) is 6.10 Å². The summed E-state index contributed by atoms with van der Waals surface area (Å²) in [5, 5.41) is 9.04. The fraction of sp³-hybridized carbons (Fsp3) is 0.462. The number of benzene rings is 1. The maximum absolute atomic E-state index is 12.1. The summed E-state index contributed by atoms with van der Waals surface area (Å²) >= 11 is 0. The van der Waals surface area contributed by atoms with Crippen LogP contribution in [-0.4, -0.2) is 41.7 Å². The molecule has 4 heteroatoms. The summed E-state index contributed by atoms with van der Waals surface area (Å²) in [5.41, 5.74) is 1.07. The van der Waals surface area contributed by atoms with Gasteiger partial charge in [0, 0.05) is 13.5 Å². The van der Waals surface area contributed by atoms with Crippen LogP contribution >= 0.6 is 0 Å². The molecular weight excluding hydrogens is 218 g/mol. The largest absolute Gasteiger partial charge is 0.480 e. The van der Waals surface area contributed by atoms with Gasteiger partial charge >= 0.3 is 0 Å². The van der Waals surface area contributed by atoms with Crippen molar-refractivity contribution in [3.05, 3.63) is 29.8 Å². The lowest BCUT2D eigenvalue weighted by atomic mass is 10.1. The third-order valence-corrected chi connectivity index (χ3v) is 3.20. The van der Waals surface area contributed by atoms with Gasteiger partial charge in [0.1, 0.15) is 5.75 Å². The Labute approximate surface area is 101 Å². The number of carbonyl (C=O) groups is 1. The molecule has 2 unspecified atom stereocenters. The van der Waals surface area contributed by atoms with Crippen LogP contribution in [0.1, 0.15) is 12.5 Å². The van der Waals surface area contributed by atoms with E-state index in [-0.39, 0.29) is 18.6 Å². The summed E-state index contributed by atoms with van der Waals surface area (Å²) in [6.45, 7) is 1.77. The van der Waals surface area contributed by atoms with Crippen molar-refractivity contribution in [1.29, 1.82) is 0 Å². The second-order valence-electron chi connectivity index (χ2n) is 4.40. The fourth-order valence-corrected chi connectivity index (χ4v) is 1.89. The molecule has 1 heterocycles. The Balaban J connectivity index is 2.05. The van der Waals surface area contributed by atoms with E-state index in [0.29, 0.717) is 6.42 Å². The predicted octanol–water partition coefficient (Wildman–Crippen LogP) is 0.829. The van der Waals surface area contributed by atoms with E-state index in [1.165, 1.54) is 4.90 Å². The standard InChI is InChI=1S/C13H17NO3/c1-9(8-15)14(2)13(16)12-7-10-5-3-4-6-11(10)17-12/h3-6,9,12,15H,7-8H2,1-2H3. The minimum absolute atomic E-state index is 0.0398. The molecule has 2 rings (SSSR count). The number of hydrogen-bond acceptors (Lipinski definition) is 3. The Morgan fingerprint density at radius 2 is 2.29 bits per heavy atom. The van der Waals surface area contributed by atoms with Crippen LogP contribution in [0.3, 0.4) is 0 Å². The highest BCUT2D eigenvalue weighted by Gasteiger charge is 2.32. The van der Waals surface area contributed by atoms with Crippen molar-refractivity contribution in [2.45, 2.75) is 25.5 Å². The van der Waals surface area contributed by atoms with E-state index in [2.05, 4.69) is 0 Å².